The molecule has 2 rings (SSSR count). The van der Waals surface area contributed by atoms with Gasteiger partial charge >= 0.3 is 0 Å². The molecule has 0 bridgehead atoms. The van der Waals surface area contributed by atoms with E-state index < -0.39 is 0 Å². The first-order valence-electron chi connectivity index (χ1n) is 5.57. The molecule has 2 N–H and O–H groups in total. The van der Waals surface area contributed by atoms with Gasteiger partial charge in [0.15, 0.2) is 0 Å². The molecule has 1 aliphatic heterocycles. The molecule has 1 heterocycles. The summed E-state index contributed by atoms with van der Waals surface area (Å²) in [5.74, 6) is -0.178. The molecule has 15 heavy (non-hydrogen) atoms. The summed E-state index contributed by atoms with van der Waals surface area (Å²) in [4.78, 5) is 0. The highest BCUT2D eigenvalue weighted by Gasteiger charge is 2.10. The zero-order valence-electron chi connectivity index (χ0n) is 8.80. The largest absolute Gasteiger partial charge is 0.382 e. The Morgan fingerprint density at radius 1 is 1.13 bits per heavy atom. The number of halogens is 1. The molecule has 0 amide bonds. The van der Waals surface area contributed by atoms with Gasteiger partial charge in [-0.3, -0.25) is 0 Å². The topological polar surface area (TPSA) is 24.1 Å². The van der Waals surface area contributed by atoms with Crippen LogP contribution in [0.15, 0.2) is 24.3 Å². The molecule has 0 aromatic heterocycles. The molecule has 1 aromatic rings. The average molecular weight is 208 g/mol. The average Bonchev–Trinajstić information content (AvgIpc) is 2.50. The Kier molecular flexibility index (Phi) is 3.56. The fourth-order valence-electron chi connectivity index (χ4n) is 1.95. The molecule has 1 saturated heterocycles. The Hall–Kier alpha value is -1.09. The monoisotopic (exact) mass is 208 g/mol. The second-order valence-corrected chi connectivity index (χ2v) is 4.03. The minimum absolute atomic E-state index is 0.178. The lowest BCUT2D eigenvalue weighted by atomic mass is 10.1. The van der Waals surface area contributed by atoms with E-state index in [1.165, 1.54) is 25.0 Å². The Labute approximate surface area is 89.9 Å². The zero-order valence-corrected chi connectivity index (χ0v) is 8.80. The number of benzene rings is 1. The van der Waals surface area contributed by atoms with Gasteiger partial charge in [0.05, 0.1) is 0 Å². The fraction of sp³-hybridized carbons (Fsp3) is 0.500. The molecular formula is C12H17FN2. The van der Waals surface area contributed by atoms with E-state index in [0.717, 1.165) is 25.2 Å². The Morgan fingerprint density at radius 3 is 2.73 bits per heavy atom. The third kappa shape index (κ3) is 3.20. The highest BCUT2D eigenvalue weighted by Crippen LogP contribution is 2.14. The van der Waals surface area contributed by atoms with E-state index >= 15 is 0 Å². The highest BCUT2D eigenvalue weighted by molar-refractivity contribution is 5.43. The van der Waals surface area contributed by atoms with Crippen molar-refractivity contribution in [2.75, 3.05) is 18.4 Å². The second kappa shape index (κ2) is 5.12. The van der Waals surface area contributed by atoms with Crippen LogP contribution in [0.5, 0.6) is 0 Å². The lowest BCUT2D eigenvalue weighted by Gasteiger charge is -2.17. The number of anilines is 1. The molecule has 82 valence electrons. The minimum Gasteiger partial charge on any atom is -0.382 e. The van der Waals surface area contributed by atoms with Gasteiger partial charge in [-0.05, 0) is 56.6 Å². The van der Waals surface area contributed by atoms with E-state index in [-0.39, 0.29) is 5.82 Å². The molecule has 3 heteroatoms. The van der Waals surface area contributed by atoms with Gasteiger partial charge in [-0.2, -0.15) is 0 Å². The first-order chi connectivity index (χ1) is 7.34. The van der Waals surface area contributed by atoms with Crippen LogP contribution in [0.1, 0.15) is 19.3 Å². The molecule has 0 spiro atoms. The summed E-state index contributed by atoms with van der Waals surface area (Å²) in [5, 5.41) is 6.81. The maximum Gasteiger partial charge on any atom is 0.123 e. The lowest BCUT2D eigenvalue weighted by Crippen LogP contribution is -2.21. The number of rotatable bonds is 2. The van der Waals surface area contributed by atoms with Crippen molar-refractivity contribution < 1.29 is 4.39 Å². The molecule has 2 nitrogen and oxygen atoms in total. The first-order valence-corrected chi connectivity index (χ1v) is 5.57. The van der Waals surface area contributed by atoms with Gasteiger partial charge < -0.3 is 10.6 Å². The summed E-state index contributed by atoms with van der Waals surface area (Å²) in [6.07, 6.45) is 3.53. The molecule has 1 aromatic carbocycles. The Bertz CT molecular complexity index is 289. The van der Waals surface area contributed by atoms with Crippen molar-refractivity contribution in [3.63, 3.8) is 0 Å². The van der Waals surface area contributed by atoms with Gasteiger partial charge in [0, 0.05) is 11.7 Å². The molecule has 0 radical (unpaired) electrons. The van der Waals surface area contributed by atoms with E-state index in [2.05, 4.69) is 10.6 Å². The maximum absolute atomic E-state index is 12.7. The smallest absolute Gasteiger partial charge is 0.123 e. The maximum atomic E-state index is 12.7. The Morgan fingerprint density at radius 2 is 1.93 bits per heavy atom. The Balaban J connectivity index is 1.92. The summed E-state index contributed by atoms with van der Waals surface area (Å²) < 4.78 is 12.7. The molecule has 0 saturated carbocycles. The van der Waals surface area contributed by atoms with Crippen LogP contribution in [0.3, 0.4) is 0 Å². The molecule has 1 fully saturated rings. The van der Waals surface area contributed by atoms with Crippen LogP contribution in [-0.4, -0.2) is 19.1 Å². The highest BCUT2D eigenvalue weighted by atomic mass is 19.1. The third-order valence-corrected chi connectivity index (χ3v) is 2.79. The summed E-state index contributed by atoms with van der Waals surface area (Å²) >= 11 is 0. The number of hydrogen-bond donors (Lipinski definition) is 2. The molecular weight excluding hydrogens is 191 g/mol. The van der Waals surface area contributed by atoms with E-state index in [1.54, 1.807) is 12.1 Å². The quantitative estimate of drug-likeness (QED) is 0.779. The number of hydrogen-bond acceptors (Lipinski definition) is 2. The van der Waals surface area contributed by atoms with Crippen molar-refractivity contribution in [2.24, 2.45) is 0 Å². The van der Waals surface area contributed by atoms with E-state index in [9.17, 15) is 4.39 Å². The van der Waals surface area contributed by atoms with Crippen molar-refractivity contribution in [1.29, 1.82) is 0 Å². The fourth-order valence-corrected chi connectivity index (χ4v) is 1.95. The molecule has 1 unspecified atom stereocenters. The molecule has 1 atom stereocenters. The van der Waals surface area contributed by atoms with Gasteiger partial charge in [0.25, 0.3) is 0 Å². The minimum atomic E-state index is -0.178. The van der Waals surface area contributed by atoms with Crippen LogP contribution in [0, 0.1) is 5.82 Å². The van der Waals surface area contributed by atoms with E-state index in [0.29, 0.717) is 6.04 Å². The van der Waals surface area contributed by atoms with Gasteiger partial charge in [-0.15, -0.1) is 0 Å². The van der Waals surface area contributed by atoms with E-state index in [4.69, 9.17) is 0 Å². The molecule has 0 aliphatic carbocycles. The van der Waals surface area contributed by atoms with E-state index in [1.807, 2.05) is 0 Å². The standard InChI is InChI=1S/C12H17FN2/c13-10-3-5-12(6-4-10)15-11-2-1-8-14-9-7-11/h3-6,11,14-15H,1-2,7-9H2. The lowest BCUT2D eigenvalue weighted by molar-refractivity contribution is 0.624. The predicted octanol–water partition coefficient (Wildman–Crippen LogP) is 2.38. The van der Waals surface area contributed by atoms with Crippen molar-refractivity contribution in [2.45, 2.75) is 25.3 Å². The van der Waals surface area contributed by atoms with Crippen LogP contribution >= 0.6 is 0 Å². The molecule has 1 aliphatic rings. The van der Waals surface area contributed by atoms with Crippen molar-refractivity contribution in [3.05, 3.63) is 30.1 Å². The second-order valence-electron chi connectivity index (χ2n) is 4.03. The van der Waals surface area contributed by atoms with Crippen LogP contribution in [0.4, 0.5) is 10.1 Å². The van der Waals surface area contributed by atoms with Crippen molar-refractivity contribution >= 4 is 5.69 Å². The van der Waals surface area contributed by atoms with Gasteiger partial charge in [0.2, 0.25) is 0 Å². The van der Waals surface area contributed by atoms with Crippen LogP contribution in [0.2, 0.25) is 0 Å². The first kappa shape index (κ1) is 10.4. The van der Waals surface area contributed by atoms with Gasteiger partial charge in [0.1, 0.15) is 5.82 Å². The van der Waals surface area contributed by atoms with Crippen molar-refractivity contribution in [3.8, 4) is 0 Å². The van der Waals surface area contributed by atoms with Crippen molar-refractivity contribution in [1.82, 2.24) is 5.32 Å². The predicted molar refractivity (Wildman–Crippen MR) is 60.5 cm³/mol. The third-order valence-electron chi connectivity index (χ3n) is 2.79. The van der Waals surface area contributed by atoms with Crippen LogP contribution in [-0.2, 0) is 0 Å². The van der Waals surface area contributed by atoms with Crippen LogP contribution < -0.4 is 10.6 Å². The number of nitrogens with one attached hydrogen (secondary N) is 2. The zero-order chi connectivity index (χ0) is 10.5. The van der Waals surface area contributed by atoms with Gasteiger partial charge in [-0.1, -0.05) is 0 Å². The summed E-state index contributed by atoms with van der Waals surface area (Å²) in [6.45, 7) is 2.18. The van der Waals surface area contributed by atoms with Gasteiger partial charge in [-0.25, -0.2) is 4.39 Å². The summed E-state index contributed by atoms with van der Waals surface area (Å²) in [6, 6.07) is 7.11. The normalized spacial score (nSPS) is 22.1. The summed E-state index contributed by atoms with van der Waals surface area (Å²) in [7, 11) is 0. The SMILES string of the molecule is Fc1ccc(NC2CCCNCC2)cc1. The van der Waals surface area contributed by atoms with Crippen LogP contribution in [0.25, 0.3) is 0 Å². The summed E-state index contributed by atoms with van der Waals surface area (Å²) in [5.41, 5.74) is 1.02.